The Kier molecular flexibility index (Phi) is 2.62. The van der Waals surface area contributed by atoms with Crippen LogP contribution >= 0.6 is 0 Å². The van der Waals surface area contributed by atoms with Gasteiger partial charge in [-0.2, -0.15) is 4.98 Å². The Hall–Kier alpha value is -1.88. The minimum atomic E-state index is -0.437. The Morgan fingerprint density at radius 1 is 1.44 bits per heavy atom. The van der Waals surface area contributed by atoms with Crippen LogP contribution in [0.1, 0.15) is 25.3 Å². The first kappa shape index (κ1) is 10.6. The highest BCUT2D eigenvalue weighted by Gasteiger charge is 2.07. The van der Waals surface area contributed by atoms with Crippen LogP contribution in [0.4, 0.5) is 6.01 Å². The first-order valence-electron chi connectivity index (χ1n) is 5.03. The average Bonchev–Trinajstić information content (AvgIpc) is 2.28. The van der Waals surface area contributed by atoms with Crippen LogP contribution in [-0.4, -0.2) is 4.98 Å². The van der Waals surface area contributed by atoms with Crippen LogP contribution < -0.4 is 16.9 Å². The molecule has 0 atom stereocenters. The van der Waals surface area contributed by atoms with Gasteiger partial charge >= 0.3 is 11.6 Å². The van der Waals surface area contributed by atoms with Crippen LogP contribution in [0.15, 0.2) is 27.4 Å². The average molecular weight is 219 g/mol. The summed E-state index contributed by atoms with van der Waals surface area (Å²) in [7, 11) is 0. The molecule has 16 heavy (non-hydrogen) atoms. The summed E-state index contributed by atoms with van der Waals surface area (Å²) in [5, 5.41) is 0.461. The number of nitrogens with one attached hydrogen (secondary N) is 1. The number of benzene rings is 1. The molecule has 0 fully saturated rings. The van der Waals surface area contributed by atoms with Gasteiger partial charge in [-0.3, -0.25) is 5.43 Å². The minimum absolute atomic E-state index is 0.0263. The molecule has 0 aliphatic heterocycles. The molecule has 2 rings (SSSR count). The predicted molar refractivity (Wildman–Crippen MR) is 62.2 cm³/mol. The third-order valence-electron chi connectivity index (χ3n) is 2.44. The SMILES string of the molecule is CC(C)c1ccc2c(=O)oc(NN)nc2c1. The molecule has 2 aromatic rings. The second-order valence-corrected chi connectivity index (χ2v) is 3.88. The molecule has 1 aromatic heterocycles. The van der Waals surface area contributed by atoms with Crippen molar-refractivity contribution < 1.29 is 4.42 Å². The summed E-state index contributed by atoms with van der Waals surface area (Å²) in [6.07, 6.45) is 0. The molecule has 0 amide bonds. The van der Waals surface area contributed by atoms with E-state index >= 15 is 0 Å². The van der Waals surface area contributed by atoms with Gasteiger partial charge < -0.3 is 4.42 Å². The molecule has 84 valence electrons. The van der Waals surface area contributed by atoms with E-state index in [1.165, 1.54) is 0 Å². The fourth-order valence-corrected chi connectivity index (χ4v) is 1.51. The van der Waals surface area contributed by atoms with Gasteiger partial charge in [-0.15, -0.1) is 0 Å². The van der Waals surface area contributed by atoms with E-state index in [0.717, 1.165) is 5.56 Å². The third kappa shape index (κ3) is 1.77. The molecule has 0 aliphatic rings. The Morgan fingerprint density at radius 3 is 2.81 bits per heavy atom. The molecule has 0 saturated heterocycles. The van der Waals surface area contributed by atoms with Crippen LogP contribution in [0, 0.1) is 0 Å². The van der Waals surface area contributed by atoms with E-state index < -0.39 is 5.63 Å². The normalized spacial score (nSPS) is 11.0. The lowest BCUT2D eigenvalue weighted by Crippen LogP contribution is -2.12. The van der Waals surface area contributed by atoms with Crippen LogP contribution in [0.5, 0.6) is 0 Å². The van der Waals surface area contributed by atoms with Gasteiger partial charge in [-0.25, -0.2) is 10.6 Å². The van der Waals surface area contributed by atoms with Crippen LogP contribution in [0.2, 0.25) is 0 Å². The Labute approximate surface area is 92.3 Å². The molecule has 5 heteroatoms. The Balaban J connectivity index is 2.71. The topological polar surface area (TPSA) is 81.2 Å². The van der Waals surface area contributed by atoms with Crippen molar-refractivity contribution in [3.05, 3.63) is 34.2 Å². The number of nitrogens with two attached hydrogens (primary N) is 1. The van der Waals surface area contributed by atoms with Crippen molar-refractivity contribution in [1.29, 1.82) is 0 Å². The van der Waals surface area contributed by atoms with Crippen molar-refractivity contribution in [3.63, 3.8) is 0 Å². The van der Waals surface area contributed by atoms with Gasteiger partial charge in [0.2, 0.25) is 0 Å². The van der Waals surface area contributed by atoms with E-state index in [2.05, 4.69) is 24.3 Å². The summed E-state index contributed by atoms with van der Waals surface area (Å²) < 4.78 is 4.84. The zero-order valence-corrected chi connectivity index (χ0v) is 9.15. The van der Waals surface area contributed by atoms with E-state index in [0.29, 0.717) is 16.8 Å². The van der Waals surface area contributed by atoms with Crippen molar-refractivity contribution in [1.82, 2.24) is 4.98 Å². The molecule has 1 heterocycles. The number of hydrazine groups is 1. The number of fused-ring (bicyclic) bond motifs is 1. The Morgan fingerprint density at radius 2 is 2.19 bits per heavy atom. The van der Waals surface area contributed by atoms with E-state index in [9.17, 15) is 4.79 Å². The summed E-state index contributed by atoms with van der Waals surface area (Å²) in [4.78, 5) is 15.6. The summed E-state index contributed by atoms with van der Waals surface area (Å²) in [5.41, 5.74) is 3.51. The number of hydrogen-bond acceptors (Lipinski definition) is 5. The molecule has 0 bridgehead atoms. The minimum Gasteiger partial charge on any atom is -0.388 e. The van der Waals surface area contributed by atoms with E-state index in [1.807, 2.05) is 12.1 Å². The van der Waals surface area contributed by atoms with Crippen molar-refractivity contribution in [3.8, 4) is 0 Å². The molecule has 3 N–H and O–H groups in total. The van der Waals surface area contributed by atoms with Gasteiger partial charge in [-0.05, 0) is 23.6 Å². The fraction of sp³-hybridized carbons (Fsp3) is 0.273. The lowest BCUT2D eigenvalue weighted by atomic mass is 10.0. The maximum Gasteiger partial charge on any atom is 0.348 e. The molecular weight excluding hydrogens is 206 g/mol. The first-order valence-corrected chi connectivity index (χ1v) is 5.03. The second-order valence-electron chi connectivity index (χ2n) is 3.88. The predicted octanol–water partition coefficient (Wildman–Crippen LogP) is 1.60. The third-order valence-corrected chi connectivity index (χ3v) is 2.44. The van der Waals surface area contributed by atoms with E-state index in [1.54, 1.807) is 6.07 Å². The van der Waals surface area contributed by atoms with Crippen LogP contribution in [0.25, 0.3) is 10.9 Å². The van der Waals surface area contributed by atoms with Crippen LogP contribution in [0.3, 0.4) is 0 Å². The quantitative estimate of drug-likeness (QED) is 0.592. The molecule has 0 unspecified atom stereocenters. The first-order chi connectivity index (χ1) is 7.61. The molecule has 0 saturated carbocycles. The standard InChI is InChI=1S/C11H13N3O2/c1-6(2)7-3-4-8-9(5-7)13-11(14-12)16-10(8)15/h3-6H,12H2,1-2H3,(H,13,14). The fourth-order valence-electron chi connectivity index (χ4n) is 1.51. The molecule has 5 nitrogen and oxygen atoms in total. The molecule has 0 spiro atoms. The molecular formula is C11H13N3O2. The number of aromatic nitrogens is 1. The number of nitrogens with zero attached hydrogens (tertiary/aromatic N) is 1. The summed E-state index contributed by atoms with van der Waals surface area (Å²) >= 11 is 0. The highest BCUT2D eigenvalue weighted by molar-refractivity contribution is 5.78. The number of hydrogen-bond donors (Lipinski definition) is 2. The molecule has 0 aliphatic carbocycles. The summed E-state index contributed by atoms with van der Waals surface area (Å²) in [6.45, 7) is 4.16. The van der Waals surface area contributed by atoms with Gasteiger partial charge in [0.25, 0.3) is 0 Å². The number of rotatable bonds is 2. The second kappa shape index (κ2) is 3.94. The molecule has 1 aromatic carbocycles. The van der Waals surface area contributed by atoms with Crippen LogP contribution in [-0.2, 0) is 0 Å². The Bertz CT molecular complexity index is 575. The maximum absolute atomic E-state index is 11.5. The monoisotopic (exact) mass is 219 g/mol. The van der Waals surface area contributed by atoms with Gasteiger partial charge in [0.1, 0.15) is 0 Å². The number of nitrogen functional groups attached to an aromatic ring is 1. The van der Waals surface area contributed by atoms with E-state index in [4.69, 9.17) is 10.3 Å². The van der Waals surface area contributed by atoms with Gasteiger partial charge in [0.15, 0.2) is 0 Å². The highest BCUT2D eigenvalue weighted by Crippen LogP contribution is 2.19. The van der Waals surface area contributed by atoms with Crippen molar-refractivity contribution in [2.24, 2.45) is 5.84 Å². The zero-order chi connectivity index (χ0) is 11.7. The highest BCUT2D eigenvalue weighted by atomic mass is 16.4. The maximum atomic E-state index is 11.5. The van der Waals surface area contributed by atoms with Crippen molar-refractivity contribution >= 4 is 16.9 Å². The molecule has 0 radical (unpaired) electrons. The van der Waals surface area contributed by atoms with Gasteiger partial charge in [0.05, 0.1) is 10.9 Å². The summed E-state index contributed by atoms with van der Waals surface area (Å²) in [6, 6.07) is 5.53. The van der Waals surface area contributed by atoms with Crippen molar-refractivity contribution in [2.45, 2.75) is 19.8 Å². The van der Waals surface area contributed by atoms with E-state index in [-0.39, 0.29) is 6.01 Å². The van der Waals surface area contributed by atoms with Crippen molar-refractivity contribution in [2.75, 3.05) is 5.43 Å². The number of anilines is 1. The largest absolute Gasteiger partial charge is 0.388 e. The zero-order valence-electron chi connectivity index (χ0n) is 9.15. The van der Waals surface area contributed by atoms with Gasteiger partial charge in [0, 0.05) is 0 Å². The summed E-state index contributed by atoms with van der Waals surface area (Å²) in [5.74, 6) is 5.54. The smallest absolute Gasteiger partial charge is 0.348 e. The van der Waals surface area contributed by atoms with Gasteiger partial charge in [-0.1, -0.05) is 19.9 Å². The lowest BCUT2D eigenvalue weighted by molar-refractivity contribution is 0.517. The lowest BCUT2D eigenvalue weighted by Gasteiger charge is -2.06.